The number of ketones is 2. The molecule has 0 saturated heterocycles. The first kappa shape index (κ1) is 25.7. The van der Waals surface area contributed by atoms with Crippen LogP contribution in [0.5, 0.6) is 0 Å². The van der Waals surface area contributed by atoms with Gasteiger partial charge in [-0.05, 0) is 38.5 Å². The van der Waals surface area contributed by atoms with Gasteiger partial charge in [-0.1, -0.05) is 37.7 Å². The van der Waals surface area contributed by atoms with Gasteiger partial charge in [-0.3, -0.25) is 9.59 Å². The molecule has 182 valence electrons. The monoisotopic (exact) mass is 504 g/mol. The maximum atomic E-state index is 12.9. The number of aromatic nitrogens is 4. The third kappa shape index (κ3) is 4.79. The third-order valence-corrected chi connectivity index (χ3v) is 8.49. The van der Waals surface area contributed by atoms with Crippen molar-refractivity contribution in [1.29, 1.82) is 0 Å². The van der Waals surface area contributed by atoms with Crippen molar-refractivity contribution in [3.05, 3.63) is 46.8 Å². The van der Waals surface area contributed by atoms with Crippen LogP contribution in [0.4, 0.5) is 0 Å². The van der Waals surface area contributed by atoms with Gasteiger partial charge in [-0.2, -0.15) is 4.31 Å². The predicted octanol–water partition coefficient (Wildman–Crippen LogP) is 2.81. The average molecular weight is 505 g/mol. The molecular formula is C22H28N6O4S2. The molecule has 3 aromatic rings. The van der Waals surface area contributed by atoms with Crippen LogP contribution in [0.15, 0.2) is 34.3 Å². The van der Waals surface area contributed by atoms with Crippen molar-refractivity contribution < 1.29 is 18.0 Å². The van der Waals surface area contributed by atoms with Gasteiger partial charge in [0.1, 0.15) is 0 Å². The lowest BCUT2D eigenvalue weighted by atomic mass is 10.1. The van der Waals surface area contributed by atoms with Crippen LogP contribution in [-0.2, 0) is 10.0 Å². The molecule has 0 bridgehead atoms. The highest BCUT2D eigenvalue weighted by Gasteiger charge is 2.24. The molecule has 3 rings (SSSR count). The quantitative estimate of drug-likeness (QED) is 0.244. The van der Waals surface area contributed by atoms with Gasteiger partial charge in [0.2, 0.25) is 15.2 Å². The number of Topliss-reactive ketones (excluding diaryl/α,β-unsaturated/α-hetero) is 2. The van der Waals surface area contributed by atoms with Crippen molar-refractivity contribution in [2.24, 2.45) is 0 Å². The Morgan fingerprint density at radius 1 is 1.18 bits per heavy atom. The van der Waals surface area contributed by atoms with E-state index in [0.717, 1.165) is 11.8 Å². The normalized spacial score (nSPS) is 11.8. The number of benzene rings is 1. The summed E-state index contributed by atoms with van der Waals surface area (Å²) in [4.78, 5) is 27.7. The number of nitrogens with two attached hydrogens (primary N) is 1. The van der Waals surface area contributed by atoms with Crippen LogP contribution in [0.3, 0.4) is 0 Å². The van der Waals surface area contributed by atoms with Gasteiger partial charge >= 0.3 is 0 Å². The SMILES string of the molecule is CCN(CC)S(=O)(=O)c1cccc(-c2nnc(SCC(=O)c3[nH]c(C)c(C(C)=O)c3C)n2N)c1. The minimum absolute atomic E-state index is 0.0316. The first-order valence-corrected chi connectivity index (χ1v) is 13.1. The molecule has 34 heavy (non-hydrogen) atoms. The Hall–Kier alpha value is -2.96. The van der Waals surface area contributed by atoms with Crippen molar-refractivity contribution in [2.75, 3.05) is 24.7 Å². The van der Waals surface area contributed by atoms with Gasteiger partial charge in [0.05, 0.1) is 16.3 Å². The molecule has 0 radical (unpaired) electrons. The molecule has 0 aliphatic carbocycles. The predicted molar refractivity (Wildman–Crippen MR) is 131 cm³/mol. The zero-order chi connectivity index (χ0) is 25.2. The van der Waals surface area contributed by atoms with E-state index in [1.54, 1.807) is 39.8 Å². The average Bonchev–Trinajstić information content (AvgIpc) is 3.31. The zero-order valence-electron chi connectivity index (χ0n) is 19.7. The smallest absolute Gasteiger partial charge is 0.243 e. The van der Waals surface area contributed by atoms with E-state index in [4.69, 9.17) is 5.84 Å². The topological polar surface area (TPSA) is 144 Å². The first-order chi connectivity index (χ1) is 16.0. The van der Waals surface area contributed by atoms with Crippen LogP contribution in [-0.4, -0.2) is 63.0 Å². The molecule has 2 heterocycles. The molecule has 0 unspecified atom stereocenters. The minimum Gasteiger partial charge on any atom is -0.355 e. The van der Waals surface area contributed by atoms with Crippen LogP contribution >= 0.6 is 11.8 Å². The van der Waals surface area contributed by atoms with Crippen LogP contribution in [0.25, 0.3) is 11.4 Å². The fraction of sp³-hybridized carbons (Fsp3) is 0.364. The van der Waals surface area contributed by atoms with E-state index in [0.29, 0.717) is 46.3 Å². The highest BCUT2D eigenvalue weighted by Crippen LogP contribution is 2.26. The number of aryl methyl sites for hydroxylation is 1. The molecule has 3 N–H and O–H groups in total. The molecular weight excluding hydrogens is 476 g/mol. The van der Waals surface area contributed by atoms with E-state index in [1.165, 1.54) is 28.0 Å². The van der Waals surface area contributed by atoms with Gasteiger partial charge in [0, 0.05) is 29.9 Å². The van der Waals surface area contributed by atoms with Crippen molar-refractivity contribution in [1.82, 2.24) is 24.2 Å². The Bertz CT molecular complexity index is 1340. The summed E-state index contributed by atoms with van der Waals surface area (Å²) >= 11 is 1.10. The molecule has 10 nitrogen and oxygen atoms in total. The molecule has 0 aliphatic rings. The molecule has 2 aromatic heterocycles. The summed E-state index contributed by atoms with van der Waals surface area (Å²) in [6.07, 6.45) is 0. The summed E-state index contributed by atoms with van der Waals surface area (Å²) in [6.45, 7) is 9.24. The summed E-state index contributed by atoms with van der Waals surface area (Å²) in [6, 6.07) is 6.36. The van der Waals surface area contributed by atoms with Gasteiger partial charge in [0.15, 0.2) is 17.4 Å². The Kier molecular flexibility index (Phi) is 7.64. The van der Waals surface area contributed by atoms with E-state index in [-0.39, 0.29) is 28.0 Å². The molecule has 0 saturated carbocycles. The molecule has 0 atom stereocenters. The summed E-state index contributed by atoms with van der Waals surface area (Å²) in [7, 11) is -3.64. The number of hydrogen-bond acceptors (Lipinski definition) is 8. The second-order valence-electron chi connectivity index (χ2n) is 7.69. The number of nitrogens with zero attached hydrogens (tertiary/aromatic N) is 4. The number of H-pyrrole nitrogens is 1. The molecule has 0 spiro atoms. The number of nitrogen functional groups attached to an aromatic ring is 1. The maximum Gasteiger partial charge on any atom is 0.243 e. The number of thioether (sulfide) groups is 1. The Morgan fingerprint density at radius 3 is 2.44 bits per heavy atom. The van der Waals surface area contributed by atoms with Crippen LogP contribution < -0.4 is 5.84 Å². The Morgan fingerprint density at radius 2 is 1.85 bits per heavy atom. The van der Waals surface area contributed by atoms with Crippen LogP contribution in [0.1, 0.15) is 52.9 Å². The lowest BCUT2D eigenvalue weighted by Crippen LogP contribution is -2.30. The summed E-state index contributed by atoms with van der Waals surface area (Å²) in [5, 5.41) is 8.46. The summed E-state index contributed by atoms with van der Waals surface area (Å²) in [5.74, 6) is 6.18. The van der Waals surface area contributed by atoms with Crippen LogP contribution in [0.2, 0.25) is 0 Å². The number of rotatable bonds is 10. The molecule has 0 amide bonds. The van der Waals surface area contributed by atoms with Crippen molar-refractivity contribution in [3.63, 3.8) is 0 Å². The van der Waals surface area contributed by atoms with E-state index < -0.39 is 10.0 Å². The lowest BCUT2D eigenvalue weighted by Gasteiger charge is -2.18. The molecule has 0 aliphatic heterocycles. The van der Waals surface area contributed by atoms with Crippen LogP contribution in [0, 0.1) is 13.8 Å². The van der Waals surface area contributed by atoms with Gasteiger partial charge < -0.3 is 10.8 Å². The van der Waals surface area contributed by atoms with E-state index in [2.05, 4.69) is 15.2 Å². The number of aromatic amines is 1. The summed E-state index contributed by atoms with van der Waals surface area (Å²) in [5.41, 5.74) is 2.67. The van der Waals surface area contributed by atoms with E-state index in [1.807, 2.05) is 0 Å². The number of sulfonamides is 1. The number of hydrogen-bond donors (Lipinski definition) is 2. The Labute approximate surface area is 203 Å². The van der Waals surface area contributed by atoms with E-state index in [9.17, 15) is 18.0 Å². The number of nitrogens with one attached hydrogen (secondary N) is 1. The van der Waals surface area contributed by atoms with Gasteiger partial charge in [0.25, 0.3) is 0 Å². The molecule has 12 heteroatoms. The second kappa shape index (κ2) is 10.1. The zero-order valence-corrected chi connectivity index (χ0v) is 21.4. The fourth-order valence-electron chi connectivity index (χ4n) is 3.84. The van der Waals surface area contributed by atoms with E-state index >= 15 is 0 Å². The number of carbonyl (C=O) groups is 2. The molecule has 1 aromatic carbocycles. The largest absolute Gasteiger partial charge is 0.355 e. The number of carbonyl (C=O) groups excluding carboxylic acids is 2. The van der Waals surface area contributed by atoms with Crippen molar-refractivity contribution in [2.45, 2.75) is 44.7 Å². The second-order valence-corrected chi connectivity index (χ2v) is 10.6. The lowest BCUT2D eigenvalue weighted by molar-refractivity contribution is 0.101. The highest BCUT2D eigenvalue weighted by atomic mass is 32.2. The standard InChI is InChI=1S/C22H28N6O4S2/c1-6-27(7-2)34(31,32)17-10-8-9-16(11-17)21-25-26-22(28(21)23)33-12-18(30)20-13(3)19(15(5)29)14(4)24-20/h8-11,24H,6-7,12,23H2,1-5H3. The van der Waals surface area contributed by atoms with Crippen molar-refractivity contribution in [3.8, 4) is 11.4 Å². The van der Waals surface area contributed by atoms with Gasteiger partial charge in [-0.15, -0.1) is 10.2 Å². The fourth-order valence-corrected chi connectivity index (χ4v) is 6.07. The molecule has 0 fully saturated rings. The Balaban J connectivity index is 1.82. The minimum atomic E-state index is -3.64. The maximum absolute atomic E-state index is 12.9. The first-order valence-electron chi connectivity index (χ1n) is 10.7. The third-order valence-electron chi connectivity index (χ3n) is 5.50. The van der Waals surface area contributed by atoms with Crippen molar-refractivity contribution >= 4 is 33.4 Å². The highest BCUT2D eigenvalue weighted by molar-refractivity contribution is 7.99. The van der Waals surface area contributed by atoms with Gasteiger partial charge in [-0.25, -0.2) is 13.1 Å². The summed E-state index contributed by atoms with van der Waals surface area (Å²) < 4.78 is 28.3.